The minimum atomic E-state index is -0.411. The van der Waals surface area contributed by atoms with Gasteiger partial charge in [-0.05, 0) is 67.4 Å². The Labute approximate surface area is 211 Å². The van der Waals surface area contributed by atoms with E-state index in [9.17, 15) is 19.3 Å². The molecule has 180 valence electrons. The third-order valence-electron chi connectivity index (χ3n) is 6.90. The van der Waals surface area contributed by atoms with Crippen molar-refractivity contribution < 1.29 is 14.1 Å². The van der Waals surface area contributed by atoms with Gasteiger partial charge < -0.3 is 4.90 Å². The van der Waals surface area contributed by atoms with E-state index in [-0.39, 0.29) is 33.1 Å². The van der Waals surface area contributed by atoms with Crippen LogP contribution in [-0.2, 0) is 12.0 Å². The fourth-order valence-electron chi connectivity index (χ4n) is 5.11. The largest absolute Gasteiger partial charge is 0.307 e. The van der Waals surface area contributed by atoms with Crippen LogP contribution in [-0.4, -0.2) is 40.3 Å². The molecule has 7 nitrogen and oxygen atoms in total. The van der Waals surface area contributed by atoms with Gasteiger partial charge in [0.05, 0.1) is 4.92 Å². The average Bonchev–Trinajstić information content (AvgIpc) is 3.13. The van der Waals surface area contributed by atoms with Crippen LogP contribution >= 0.6 is 23.2 Å². The van der Waals surface area contributed by atoms with Gasteiger partial charge in [0.15, 0.2) is 0 Å². The van der Waals surface area contributed by atoms with Crippen molar-refractivity contribution in [3.8, 4) is 0 Å². The normalized spacial score (nSPS) is 16.9. The van der Waals surface area contributed by atoms with Gasteiger partial charge in [0.1, 0.15) is 16.1 Å². The summed E-state index contributed by atoms with van der Waals surface area (Å²) >= 11 is 12.0. The Morgan fingerprint density at radius 2 is 1.71 bits per heavy atom. The van der Waals surface area contributed by atoms with Crippen LogP contribution in [0.5, 0.6) is 0 Å². The monoisotopic (exact) mass is 514 g/mol. The van der Waals surface area contributed by atoms with E-state index in [1.807, 2.05) is 0 Å². The Kier molecular flexibility index (Phi) is 6.21. The SMILES string of the molecule is O=C(c1cc(Cl)nc(Cl)c1)N1CC2(CCN(Cc3ccc([N+](=O)[O-])cc3)CC2)c2cc(F)ccc21. The Hall–Kier alpha value is -3.07. The van der Waals surface area contributed by atoms with Crippen LogP contribution in [0.4, 0.5) is 15.8 Å². The minimum absolute atomic E-state index is 0.0671. The fraction of sp³-hybridized carbons (Fsp3) is 0.280. The van der Waals surface area contributed by atoms with E-state index in [1.54, 1.807) is 29.2 Å². The molecule has 1 spiro atoms. The molecule has 1 amide bonds. The molecule has 1 fully saturated rings. The molecule has 3 aromatic rings. The van der Waals surface area contributed by atoms with E-state index in [0.29, 0.717) is 24.3 Å². The molecule has 2 aliphatic rings. The fourth-order valence-corrected chi connectivity index (χ4v) is 5.58. The lowest BCUT2D eigenvalue weighted by Crippen LogP contribution is -2.45. The number of piperidine rings is 1. The van der Waals surface area contributed by atoms with Gasteiger partial charge >= 0.3 is 0 Å². The quantitative estimate of drug-likeness (QED) is 0.256. The summed E-state index contributed by atoms with van der Waals surface area (Å²) in [5.41, 5.74) is 2.57. The molecule has 0 radical (unpaired) electrons. The summed E-state index contributed by atoms with van der Waals surface area (Å²) in [5.74, 6) is -0.588. The summed E-state index contributed by atoms with van der Waals surface area (Å²) in [4.78, 5) is 31.8. The molecule has 1 aromatic heterocycles. The molecule has 2 aromatic carbocycles. The maximum atomic E-state index is 14.3. The standard InChI is InChI=1S/C25H21Cl2FN4O3/c26-22-11-17(12-23(27)29-22)24(33)31-15-25(20-13-18(28)3-6-21(20)31)7-9-30(10-8-25)14-16-1-4-19(5-2-16)32(34)35/h1-6,11-13H,7-10,14-15H2. The van der Waals surface area contributed by atoms with Crippen molar-refractivity contribution in [1.82, 2.24) is 9.88 Å². The number of nitro benzene ring substituents is 1. The van der Waals surface area contributed by atoms with E-state index >= 15 is 0 Å². The highest BCUT2D eigenvalue weighted by Crippen LogP contribution is 2.48. The van der Waals surface area contributed by atoms with E-state index < -0.39 is 4.92 Å². The molecule has 5 rings (SSSR count). The lowest BCUT2D eigenvalue weighted by molar-refractivity contribution is -0.384. The van der Waals surface area contributed by atoms with Crippen LogP contribution in [0.3, 0.4) is 0 Å². The number of hydrogen-bond acceptors (Lipinski definition) is 5. The van der Waals surface area contributed by atoms with Crippen molar-refractivity contribution in [3.63, 3.8) is 0 Å². The van der Waals surface area contributed by atoms with Crippen LogP contribution in [0.2, 0.25) is 10.3 Å². The second kappa shape index (κ2) is 9.18. The molecule has 0 N–H and O–H groups in total. The van der Waals surface area contributed by atoms with Gasteiger partial charge in [-0.25, -0.2) is 9.37 Å². The predicted molar refractivity (Wildman–Crippen MR) is 132 cm³/mol. The number of carbonyl (C=O) groups excluding carboxylic acids is 1. The molecule has 35 heavy (non-hydrogen) atoms. The van der Waals surface area contributed by atoms with Gasteiger partial charge in [-0.2, -0.15) is 0 Å². The second-order valence-corrected chi connectivity index (χ2v) is 9.81. The summed E-state index contributed by atoms with van der Waals surface area (Å²) in [5, 5.41) is 11.2. The zero-order valence-electron chi connectivity index (χ0n) is 18.6. The number of nitro groups is 1. The third kappa shape index (κ3) is 4.61. The summed E-state index contributed by atoms with van der Waals surface area (Å²) in [6, 6.07) is 14.1. The van der Waals surface area contributed by atoms with Crippen molar-refractivity contribution in [2.24, 2.45) is 0 Å². The number of carbonyl (C=O) groups is 1. The number of aromatic nitrogens is 1. The zero-order valence-corrected chi connectivity index (χ0v) is 20.1. The molecule has 0 atom stereocenters. The van der Waals surface area contributed by atoms with Gasteiger partial charge in [-0.3, -0.25) is 19.8 Å². The number of non-ortho nitro benzene ring substituents is 1. The number of amides is 1. The Morgan fingerprint density at radius 3 is 2.34 bits per heavy atom. The average molecular weight is 515 g/mol. The minimum Gasteiger partial charge on any atom is -0.307 e. The van der Waals surface area contributed by atoms with E-state index in [1.165, 1.54) is 30.3 Å². The summed E-state index contributed by atoms with van der Waals surface area (Å²) in [7, 11) is 0. The number of halogens is 3. The van der Waals surface area contributed by atoms with Crippen molar-refractivity contribution >= 4 is 40.5 Å². The molecular weight excluding hydrogens is 494 g/mol. The first kappa shape index (κ1) is 23.7. The number of fused-ring (bicyclic) bond motifs is 2. The number of likely N-dealkylation sites (tertiary alicyclic amines) is 1. The molecule has 0 unspecified atom stereocenters. The summed E-state index contributed by atoms with van der Waals surface area (Å²) in [6.45, 7) is 2.61. The van der Waals surface area contributed by atoms with Crippen molar-refractivity contribution in [1.29, 1.82) is 0 Å². The van der Waals surface area contributed by atoms with Gasteiger partial charge in [-0.1, -0.05) is 35.3 Å². The molecular formula is C25H21Cl2FN4O3. The van der Waals surface area contributed by atoms with Crippen LogP contribution in [0.1, 0.15) is 34.3 Å². The van der Waals surface area contributed by atoms with Crippen LogP contribution < -0.4 is 4.90 Å². The first-order valence-electron chi connectivity index (χ1n) is 11.1. The second-order valence-electron chi connectivity index (χ2n) is 9.03. The Bertz CT molecular complexity index is 1290. The van der Waals surface area contributed by atoms with Crippen molar-refractivity contribution in [2.75, 3.05) is 24.5 Å². The van der Waals surface area contributed by atoms with E-state index in [4.69, 9.17) is 23.2 Å². The molecule has 2 aliphatic heterocycles. The van der Waals surface area contributed by atoms with Gasteiger partial charge in [0, 0.05) is 41.9 Å². The molecule has 0 saturated carbocycles. The number of anilines is 1. The Balaban J connectivity index is 1.36. The molecule has 0 aliphatic carbocycles. The number of hydrogen-bond donors (Lipinski definition) is 0. The maximum Gasteiger partial charge on any atom is 0.269 e. The maximum absolute atomic E-state index is 14.3. The van der Waals surface area contributed by atoms with Gasteiger partial charge in [-0.15, -0.1) is 0 Å². The topological polar surface area (TPSA) is 79.6 Å². The number of benzene rings is 2. The van der Waals surface area contributed by atoms with Crippen LogP contribution in [0, 0.1) is 15.9 Å². The summed E-state index contributed by atoms with van der Waals surface area (Å²) < 4.78 is 14.3. The zero-order chi connectivity index (χ0) is 24.7. The molecule has 10 heteroatoms. The first-order valence-corrected chi connectivity index (χ1v) is 11.9. The first-order chi connectivity index (χ1) is 16.7. The van der Waals surface area contributed by atoms with E-state index in [2.05, 4.69) is 9.88 Å². The van der Waals surface area contributed by atoms with Gasteiger partial charge in [0.2, 0.25) is 0 Å². The number of nitrogens with zero attached hydrogens (tertiary/aromatic N) is 4. The lowest BCUT2D eigenvalue weighted by atomic mass is 9.74. The lowest BCUT2D eigenvalue weighted by Gasteiger charge is -2.40. The predicted octanol–water partition coefficient (Wildman–Crippen LogP) is 5.63. The highest BCUT2D eigenvalue weighted by atomic mass is 35.5. The Morgan fingerprint density at radius 1 is 1.06 bits per heavy atom. The van der Waals surface area contributed by atoms with Crippen molar-refractivity contribution in [2.45, 2.75) is 24.8 Å². The molecule has 1 saturated heterocycles. The third-order valence-corrected chi connectivity index (χ3v) is 7.29. The molecule has 0 bridgehead atoms. The highest BCUT2D eigenvalue weighted by molar-refractivity contribution is 6.33. The number of rotatable bonds is 4. The molecule has 3 heterocycles. The summed E-state index contributed by atoms with van der Waals surface area (Å²) in [6.07, 6.45) is 1.50. The van der Waals surface area contributed by atoms with Crippen molar-refractivity contribution in [3.05, 3.63) is 97.5 Å². The van der Waals surface area contributed by atoms with E-state index in [0.717, 1.165) is 37.1 Å². The van der Waals surface area contributed by atoms with Crippen LogP contribution in [0.25, 0.3) is 0 Å². The number of pyridine rings is 1. The smallest absolute Gasteiger partial charge is 0.269 e. The van der Waals surface area contributed by atoms with Crippen LogP contribution in [0.15, 0.2) is 54.6 Å². The highest BCUT2D eigenvalue weighted by Gasteiger charge is 2.46. The van der Waals surface area contributed by atoms with Gasteiger partial charge in [0.25, 0.3) is 11.6 Å².